The number of carbonyl (C=O) groups is 1. The number of hydrogen-bond acceptors (Lipinski definition) is 3. The molecule has 1 amide bonds. The minimum atomic E-state index is -0.461. The summed E-state index contributed by atoms with van der Waals surface area (Å²) in [6, 6.07) is 4.56. The van der Waals surface area contributed by atoms with Crippen molar-refractivity contribution in [3.8, 4) is 0 Å². The maximum absolute atomic E-state index is 12.4. The van der Waals surface area contributed by atoms with Gasteiger partial charge in [0.05, 0.1) is 0 Å². The van der Waals surface area contributed by atoms with Gasteiger partial charge in [0.25, 0.3) is 0 Å². The number of nitrogens with zero attached hydrogens (tertiary/aromatic N) is 2. The van der Waals surface area contributed by atoms with E-state index < -0.39 is 5.60 Å². The van der Waals surface area contributed by atoms with Crippen molar-refractivity contribution in [2.24, 2.45) is 0 Å². The largest absolute Gasteiger partial charge is 0.444 e. The van der Waals surface area contributed by atoms with E-state index in [4.69, 9.17) is 16.3 Å². The highest BCUT2D eigenvalue weighted by Crippen LogP contribution is 2.27. The van der Waals surface area contributed by atoms with Crippen LogP contribution in [0.15, 0.2) is 12.1 Å². The zero-order valence-corrected chi connectivity index (χ0v) is 18.8. The first-order valence-electron chi connectivity index (χ1n) is 8.66. The van der Waals surface area contributed by atoms with E-state index in [2.05, 4.69) is 48.3 Å². The van der Waals surface area contributed by atoms with Gasteiger partial charge >= 0.3 is 6.09 Å². The zero-order chi connectivity index (χ0) is 18.9. The summed E-state index contributed by atoms with van der Waals surface area (Å²) in [5.41, 5.74) is 2.07. The highest BCUT2D eigenvalue weighted by Gasteiger charge is 2.34. The Morgan fingerprint density at radius 3 is 2.32 bits per heavy atom. The fourth-order valence-corrected chi connectivity index (χ4v) is 4.65. The summed E-state index contributed by atoms with van der Waals surface area (Å²) in [6.07, 6.45) is -0.219. The normalized spacial score (nSPS) is 22.2. The molecule has 6 heteroatoms. The molecule has 0 spiro atoms. The summed E-state index contributed by atoms with van der Waals surface area (Å²) in [5, 5.41) is 0.779. The van der Waals surface area contributed by atoms with Gasteiger partial charge in [-0.15, -0.1) is 0 Å². The predicted molar refractivity (Wildman–Crippen MR) is 111 cm³/mol. The SMILES string of the molecule is Cc1cc(Cl)cc(I)c1CN1[C@@H](C)CN(C(=O)OC(C)(C)C)C[C@@H]1C. The average molecular weight is 479 g/mol. The quantitative estimate of drug-likeness (QED) is 0.556. The van der Waals surface area contributed by atoms with Crippen LogP contribution >= 0.6 is 34.2 Å². The fraction of sp³-hybridized carbons (Fsp3) is 0.632. The number of ether oxygens (including phenoxy) is 1. The van der Waals surface area contributed by atoms with E-state index in [0.717, 1.165) is 11.6 Å². The van der Waals surface area contributed by atoms with Crippen LogP contribution in [0, 0.1) is 10.5 Å². The summed E-state index contributed by atoms with van der Waals surface area (Å²) in [4.78, 5) is 16.7. The van der Waals surface area contributed by atoms with Gasteiger partial charge in [0, 0.05) is 40.3 Å². The van der Waals surface area contributed by atoms with Gasteiger partial charge in [-0.25, -0.2) is 4.79 Å². The third-order valence-corrected chi connectivity index (χ3v) is 5.66. The van der Waals surface area contributed by atoms with Gasteiger partial charge in [0.1, 0.15) is 5.60 Å². The molecule has 1 fully saturated rings. The molecule has 1 aliphatic rings. The van der Waals surface area contributed by atoms with E-state index >= 15 is 0 Å². The molecule has 0 unspecified atom stereocenters. The summed E-state index contributed by atoms with van der Waals surface area (Å²) in [5.74, 6) is 0. The van der Waals surface area contributed by atoms with Crippen molar-refractivity contribution >= 4 is 40.3 Å². The molecule has 0 aromatic heterocycles. The minimum absolute atomic E-state index is 0.219. The van der Waals surface area contributed by atoms with Crippen LogP contribution in [-0.2, 0) is 11.3 Å². The first-order valence-corrected chi connectivity index (χ1v) is 10.1. The molecule has 1 saturated heterocycles. The average Bonchev–Trinajstić information content (AvgIpc) is 2.42. The number of aryl methyl sites for hydroxylation is 1. The lowest BCUT2D eigenvalue weighted by atomic mass is 10.0. The van der Waals surface area contributed by atoms with E-state index in [0.29, 0.717) is 13.1 Å². The van der Waals surface area contributed by atoms with Crippen LogP contribution in [0.5, 0.6) is 0 Å². The van der Waals surface area contributed by atoms with Crippen molar-refractivity contribution < 1.29 is 9.53 Å². The Balaban J connectivity index is 2.10. The van der Waals surface area contributed by atoms with E-state index in [9.17, 15) is 4.79 Å². The van der Waals surface area contributed by atoms with Crippen LogP contribution in [-0.4, -0.2) is 46.7 Å². The maximum Gasteiger partial charge on any atom is 0.410 e. The predicted octanol–water partition coefficient (Wildman–Crippen LogP) is 5.08. The smallest absolute Gasteiger partial charge is 0.410 e. The fourth-order valence-electron chi connectivity index (χ4n) is 3.26. The third-order valence-electron chi connectivity index (χ3n) is 4.48. The van der Waals surface area contributed by atoms with Crippen LogP contribution in [0.2, 0.25) is 5.02 Å². The highest BCUT2D eigenvalue weighted by atomic mass is 127. The molecule has 25 heavy (non-hydrogen) atoms. The van der Waals surface area contributed by atoms with Crippen LogP contribution in [0.25, 0.3) is 0 Å². The molecule has 1 aromatic rings. The van der Waals surface area contributed by atoms with Crippen molar-refractivity contribution in [2.45, 2.75) is 65.8 Å². The number of benzene rings is 1. The summed E-state index contributed by atoms with van der Waals surface area (Å²) in [7, 11) is 0. The van der Waals surface area contributed by atoms with Crippen molar-refractivity contribution in [2.75, 3.05) is 13.1 Å². The first kappa shape index (κ1) is 20.8. The van der Waals surface area contributed by atoms with Gasteiger partial charge in [0.2, 0.25) is 0 Å². The van der Waals surface area contributed by atoms with Crippen LogP contribution in [0.3, 0.4) is 0 Å². The molecule has 1 aromatic carbocycles. The Labute approximate surface area is 170 Å². The molecule has 4 nitrogen and oxygen atoms in total. The van der Waals surface area contributed by atoms with Gasteiger partial charge in [0.15, 0.2) is 0 Å². The molecule has 0 radical (unpaired) electrons. The molecular weight excluding hydrogens is 451 g/mol. The standard InChI is InChI=1S/C19H28ClIN2O2/c1-12-7-15(20)8-17(21)16(12)11-23-13(2)9-22(10-14(23)3)18(24)25-19(4,5)6/h7-8,13-14H,9-11H2,1-6H3/t13-,14-/m0/s1. The number of amides is 1. The first-order chi connectivity index (χ1) is 11.5. The van der Waals surface area contributed by atoms with Crippen molar-refractivity contribution in [1.82, 2.24) is 9.80 Å². The van der Waals surface area contributed by atoms with Gasteiger partial charge in [-0.1, -0.05) is 11.6 Å². The Bertz CT molecular complexity index is 610. The molecule has 0 bridgehead atoms. The van der Waals surface area contributed by atoms with Crippen molar-refractivity contribution in [1.29, 1.82) is 0 Å². The summed E-state index contributed by atoms with van der Waals surface area (Å²) in [6.45, 7) is 14.4. The molecule has 1 heterocycles. The molecule has 1 aliphatic heterocycles. The Morgan fingerprint density at radius 1 is 1.28 bits per heavy atom. The van der Waals surface area contributed by atoms with Gasteiger partial charge in [-0.3, -0.25) is 4.90 Å². The van der Waals surface area contributed by atoms with Crippen LogP contribution < -0.4 is 0 Å². The lowest BCUT2D eigenvalue weighted by Gasteiger charge is -2.44. The molecule has 0 saturated carbocycles. The second-order valence-corrected chi connectivity index (χ2v) is 9.54. The number of hydrogen-bond donors (Lipinski definition) is 0. The molecular formula is C19H28ClIN2O2. The van der Waals surface area contributed by atoms with Crippen LogP contribution in [0.1, 0.15) is 45.7 Å². The van der Waals surface area contributed by atoms with Crippen molar-refractivity contribution in [3.63, 3.8) is 0 Å². The number of halogens is 2. The lowest BCUT2D eigenvalue weighted by molar-refractivity contribution is -0.00977. The van der Waals surface area contributed by atoms with Crippen LogP contribution in [0.4, 0.5) is 4.79 Å². The zero-order valence-electron chi connectivity index (χ0n) is 15.9. The third kappa shape index (κ3) is 5.47. The van der Waals surface area contributed by atoms with Gasteiger partial charge in [-0.2, -0.15) is 0 Å². The lowest BCUT2D eigenvalue weighted by Crippen LogP contribution is -2.58. The van der Waals surface area contributed by atoms with Gasteiger partial charge < -0.3 is 9.64 Å². The minimum Gasteiger partial charge on any atom is -0.444 e. The van der Waals surface area contributed by atoms with Crippen molar-refractivity contribution in [3.05, 3.63) is 31.9 Å². The molecule has 0 N–H and O–H groups in total. The van der Waals surface area contributed by atoms with E-state index in [-0.39, 0.29) is 18.2 Å². The second kappa shape index (κ2) is 8.01. The topological polar surface area (TPSA) is 32.8 Å². The Morgan fingerprint density at radius 2 is 1.84 bits per heavy atom. The Hall–Kier alpha value is -0.530. The molecule has 140 valence electrons. The molecule has 2 rings (SSSR count). The number of carbonyl (C=O) groups excluding carboxylic acids is 1. The molecule has 0 aliphatic carbocycles. The number of rotatable bonds is 2. The number of piperazine rings is 1. The summed E-state index contributed by atoms with van der Waals surface area (Å²) < 4.78 is 6.72. The summed E-state index contributed by atoms with van der Waals surface area (Å²) >= 11 is 8.51. The molecule has 2 atom stereocenters. The van der Waals surface area contributed by atoms with E-state index in [1.165, 1.54) is 14.7 Å². The van der Waals surface area contributed by atoms with E-state index in [1.54, 1.807) is 0 Å². The monoisotopic (exact) mass is 478 g/mol. The second-order valence-electron chi connectivity index (χ2n) is 7.94. The van der Waals surface area contributed by atoms with E-state index in [1.807, 2.05) is 37.8 Å². The van der Waals surface area contributed by atoms with Gasteiger partial charge in [-0.05, 0) is 87.4 Å². The Kier molecular flexibility index (Phi) is 6.65. The maximum atomic E-state index is 12.4. The highest BCUT2D eigenvalue weighted by molar-refractivity contribution is 14.1.